The maximum atomic E-state index is 12.5. The molecule has 0 aliphatic carbocycles. The molecule has 0 aromatic carbocycles. The number of rotatable bonds is 3. The van der Waals surface area contributed by atoms with Gasteiger partial charge in [-0.3, -0.25) is 4.90 Å². The highest BCUT2D eigenvalue weighted by Gasteiger charge is 2.46. The van der Waals surface area contributed by atoms with Gasteiger partial charge >= 0.3 is 6.09 Å². The van der Waals surface area contributed by atoms with Gasteiger partial charge in [0.1, 0.15) is 11.3 Å². The zero-order valence-corrected chi connectivity index (χ0v) is 14.6. The predicted octanol–water partition coefficient (Wildman–Crippen LogP) is 3.54. The van der Waals surface area contributed by atoms with Crippen molar-refractivity contribution in [1.29, 1.82) is 0 Å². The number of amides is 1. The number of aliphatic hydroxyl groups is 1. The second kappa shape index (κ2) is 6.18. The van der Waals surface area contributed by atoms with E-state index in [9.17, 15) is 9.90 Å². The van der Waals surface area contributed by atoms with Gasteiger partial charge in [-0.15, -0.1) is 0 Å². The fourth-order valence-electron chi connectivity index (χ4n) is 2.60. The number of ether oxygens (including phenoxy) is 2. The van der Waals surface area contributed by atoms with Crippen LogP contribution < -0.4 is 0 Å². The number of nitrogens with zero attached hydrogens (tertiary/aromatic N) is 1. The topological polar surface area (TPSA) is 59.0 Å². The Morgan fingerprint density at radius 2 is 2.27 bits per heavy atom. The van der Waals surface area contributed by atoms with Gasteiger partial charge in [0.2, 0.25) is 0 Å². The van der Waals surface area contributed by atoms with E-state index in [1.54, 1.807) is 16.2 Å². The Morgan fingerprint density at radius 3 is 2.82 bits per heavy atom. The summed E-state index contributed by atoms with van der Waals surface area (Å²) in [5.41, 5.74) is -0.424. The zero-order valence-electron chi connectivity index (χ0n) is 13.8. The Balaban J connectivity index is 2.11. The molecule has 2 heterocycles. The van der Waals surface area contributed by atoms with Crippen LogP contribution in [-0.2, 0) is 9.47 Å². The third kappa shape index (κ3) is 4.00. The van der Waals surface area contributed by atoms with Crippen LogP contribution >= 0.6 is 11.3 Å². The molecule has 0 saturated carbocycles. The maximum absolute atomic E-state index is 12.5. The SMILES string of the molecule is CC(C)(C)OC(=O)N1[C@@H](C[C@@H](O)c2ccsc2)COC1(C)C. The Hall–Kier alpha value is -1.11. The molecule has 6 heteroatoms. The van der Waals surface area contributed by atoms with Crippen molar-refractivity contribution < 1.29 is 19.4 Å². The monoisotopic (exact) mass is 327 g/mol. The summed E-state index contributed by atoms with van der Waals surface area (Å²) in [6, 6.07) is 1.69. The van der Waals surface area contributed by atoms with Crippen LogP contribution in [-0.4, -0.2) is 40.1 Å². The molecule has 1 saturated heterocycles. The molecule has 0 bridgehead atoms. The lowest BCUT2D eigenvalue weighted by Gasteiger charge is -2.35. The highest BCUT2D eigenvalue weighted by Crippen LogP contribution is 2.34. The minimum absolute atomic E-state index is 0.209. The summed E-state index contributed by atoms with van der Waals surface area (Å²) in [5, 5.41) is 14.2. The van der Waals surface area contributed by atoms with Crippen LogP contribution in [0.15, 0.2) is 16.8 Å². The molecule has 124 valence electrons. The lowest BCUT2D eigenvalue weighted by Crippen LogP contribution is -2.50. The molecule has 1 aliphatic rings. The molecule has 2 rings (SSSR count). The van der Waals surface area contributed by atoms with Gasteiger partial charge in [-0.05, 0) is 57.0 Å². The van der Waals surface area contributed by atoms with Crippen molar-refractivity contribution in [1.82, 2.24) is 4.90 Å². The highest BCUT2D eigenvalue weighted by atomic mass is 32.1. The summed E-state index contributed by atoms with van der Waals surface area (Å²) in [5.74, 6) is 0. The largest absolute Gasteiger partial charge is 0.444 e. The van der Waals surface area contributed by atoms with Crippen LogP contribution in [0.2, 0.25) is 0 Å². The predicted molar refractivity (Wildman–Crippen MR) is 85.8 cm³/mol. The Kier molecular flexibility index (Phi) is 4.84. The lowest BCUT2D eigenvalue weighted by atomic mass is 10.0. The summed E-state index contributed by atoms with van der Waals surface area (Å²) in [4.78, 5) is 14.1. The third-order valence-electron chi connectivity index (χ3n) is 3.59. The van der Waals surface area contributed by atoms with Crippen molar-refractivity contribution in [3.05, 3.63) is 22.4 Å². The number of carbonyl (C=O) groups is 1. The van der Waals surface area contributed by atoms with E-state index in [2.05, 4.69) is 0 Å². The summed E-state index contributed by atoms with van der Waals surface area (Å²) < 4.78 is 11.2. The molecule has 0 spiro atoms. The molecule has 1 aromatic rings. The number of thiophene rings is 1. The van der Waals surface area contributed by atoms with E-state index in [0.717, 1.165) is 5.56 Å². The van der Waals surface area contributed by atoms with Crippen LogP contribution in [0.4, 0.5) is 4.79 Å². The van der Waals surface area contributed by atoms with Crippen molar-refractivity contribution >= 4 is 17.4 Å². The Bertz CT molecular complexity index is 507. The van der Waals surface area contributed by atoms with Crippen LogP contribution in [0.25, 0.3) is 0 Å². The fraction of sp³-hybridized carbons (Fsp3) is 0.688. The highest BCUT2D eigenvalue weighted by molar-refractivity contribution is 7.07. The van der Waals surface area contributed by atoms with Gasteiger partial charge < -0.3 is 14.6 Å². The summed E-state index contributed by atoms with van der Waals surface area (Å²) >= 11 is 1.54. The first kappa shape index (κ1) is 17.2. The second-order valence-corrected chi connectivity index (χ2v) is 7.85. The smallest absolute Gasteiger partial charge is 0.412 e. The van der Waals surface area contributed by atoms with E-state index >= 15 is 0 Å². The summed E-state index contributed by atoms with van der Waals surface area (Å²) in [6.45, 7) is 9.59. The minimum atomic E-state index is -0.735. The molecule has 1 N–H and O–H groups in total. The molecule has 5 nitrogen and oxygen atoms in total. The summed E-state index contributed by atoms with van der Waals surface area (Å²) in [6.07, 6.45) is -0.587. The van der Waals surface area contributed by atoms with E-state index in [0.29, 0.717) is 13.0 Å². The molecular weight excluding hydrogens is 302 g/mol. The number of hydrogen-bond donors (Lipinski definition) is 1. The van der Waals surface area contributed by atoms with E-state index in [1.807, 2.05) is 51.4 Å². The molecule has 1 amide bonds. The second-order valence-electron chi connectivity index (χ2n) is 7.07. The summed E-state index contributed by atoms with van der Waals surface area (Å²) in [7, 11) is 0. The first-order valence-corrected chi connectivity index (χ1v) is 8.41. The average Bonchev–Trinajstić information content (AvgIpc) is 2.94. The minimum Gasteiger partial charge on any atom is -0.444 e. The first-order chi connectivity index (χ1) is 10.1. The van der Waals surface area contributed by atoms with Gasteiger partial charge in [-0.1, -0.05) is 0 Å². The first-order valence-electron chi connectivity index (χ1n) is 7.46. The number of carbonyl (C=O) groups excluding carboxylic acids is 1. The molecule has 1 fully saturated rings. The van der Waals surface area contributed by atoms with Gasteiger partial charge in [0.15, 0.2) is 0 Å². The lowest BCUT2D eigenvalue weighted by molar-refractivity contribution is -0.0637. The fourth-order valence-corrected chi connectivity index (χ4v) is 3.30. The van der Waals surface area contributed by atoms with E-state index in [-0.39, 0.29) is 6.04 Å². The molecule has 1 aromatic heterocycles. The molecule has 2 atom stereocenters. The van der Waals surface area contributed by atoms with Crippen molar-refractivity contribution in [2.24, 2.45) is 0 Å². The average molecular weight is 327 g/mol. The van der Waals surface area contributed by atoms with Gasteiger partial charge in [-0.25, -0.2) is 4.79 Å². The standard InChI is InChI=1S/C16H25NO4S/c1-15(2,3)21-14(19)17-12(9-20-16(17,4)5)8-13(18)11-6-7-22-10-11/h6-7,10,12-13,18H,8-9H2,1-5H3/t12-,13+/m0/s1. The van der Waals surface area contributed by atoms with Crippen molar-refractivity contribution in [3.8, 4) is 0 Å². The van der Waals surface area contributed by atoms with E-state index < -0.39 is 23.5 Å². The van der Waals surface area contributed by atoms with Gasteiger partial charge in [0, 0.05) is 6.42 Å². The van der Waals surface area contributed by atoms with E-state index in [4.69, 9.17) is 9.47 Å². The number of hydrogen-bond acceptors (Lipinski definition) is 5. The van der Waals surface area contributed by atoms with Crippen LogP contribution in [0.5, 0.6) is 0 Å². The zero-order chi connectivity index (χ0) is 16.5. The van der Waals surface area contributed by atoms with Gasteiger partial charge in [0.05, 0.1) is 18.8 Å². The molecule has 0 radical (unpaired) electrons. The van der Waals surface area contributed by atoms with Crippen molar-refractivity contribution in [2.75, 3.05) is 6.61 Å². The molecule has 0 unspecified atom stereocenters. The third-order valence-corrected chi connectivity index (χ3v) is 4.29. The van der Waals surface area contributed by atoms with Crippen molar-refractivity contribution in [3.63, 3.8) is 0 Å². The Labute approximate surface area is 135 Å². The normalized spacial score (nSPS) is 22.6. The van der Waals surface area contributed by atoms with E-state index in [1.165, 1.54) is 0 Å². The van der Waals surface area contributed by atoms with Gasteiger partial charge in [-0.2, -0.15) is 11.3 Å². The Morgan fingerprint density at radius 1 is 1.59 bits per heavy atom. The molecular formula is C16H25NO4S. The maximum Gasteiger partial charge on any atom is 0.412 e. The quantitative estimate of drug-likeness (QED) is 0.922. The molecule has 22 heavy (non-hydrogen) atoms. The number of aliphatic hydroxyl groups excluding tert-OH is 1. The molecule has 1 aliphatic heterocycles. The van der Waals surface area contributed by atoms with Gasteiger partial charge in [0.25, 0.3) is 0 Å². The van der Waals surface area contributed by atoms with Crippen LogP contribution in [0.3, 0.4) is 0 Å². The van der Waals surface area contributed by atoms with Crippen molar-refractivity contribution in [2.45, 2.75) is 64.5 Å². The van der Waals surface area contributed by atoms with Crippen LogP contribution in [0.1, 0.15) is 52.7 Å². The van der Waals surface area contributed by atoms with Crippen LogP contribution in [0, 0.1) is 0 Å².